The molecular formula is C8H10F2N2O. The molecule has 5 heteroatoms. The van der Waals surface area contributed by atoms with Gasteiger partial charge in [-0.05, 0) is 12.5 Å². The number of aromatic amines is 1. The summed E-state index contributed by atoms with van der Waals surface area (Å²) in [6.07, 6.45) is -1.42. The molecule has 3 N–H and O–H groups in total. The quantitative estimate of drug-likeness (QED) is 0.729. The van der Waals surface area contributed by atoms with Crippen molar-refractivity contribution in [1.29, 1.82) is 0 Å². The van der Waals surface area contributed by atoms with Crippen LogP contribution in [0.4, 0.5) is 8.78 Å². The van der Waals surface area contributed by atoms with Crippen LogP contribution in [0.15, 0.2) is 11.0 Å². The van der Waals surface area contributed by atoms with Crippen LogP contribution in [0.25, 0.3) is 0 Å². The molecule has 0 fully saturated rings. The summed E-state index contributed by atoms with van der Waals surface area (Å²) in [5, 5.41) is 0. The summed E-state index contributed by atoms with van der Waals surface area (Å²) in [5.41, 5.74) is 4.84. The second-order valence-electron chi connectivity index (χ2n) is 2.69. The number of nitrogens with two attached hydrogens (primary N) is 1. The maximum absolute atomic E-state index is 12.4. The van der Waals surface area contributed by atoms with Gasteiger partial charge in [0.15, 0.2) is 0 Å². The van der Waals surface area contributed by atoms with Crippen LogP contribution in [0.2, 0.25) is 0 Å². The molecule has 0 amide bonds. The molecule has 0 radical (unpaired) electrons. The van der Waals surface area contributed by atoms with Crippen molar-refractivity contribution in [2.75, 3.05) is 0 Å². The van der Waals surface area contributed by atoms with Gasteiger partial charge in [0, 0.05) is 23.9 Å². The summed E-state index contributed by atoms with van der Waals surface area (Å²) < 4.78 is 24.9. The van der Waals surface area contributed by atoms with E-state index in [4.69, 9.17) is 5.73 Å². The minimum Gasteiger partial charge on any atom is -0.329 e. The van der Waals surface area contributed by atoms with E-state index in [1.807, 2.05) is 0 Å². The summed E-state index contributed by atoms with van der Waals surface area (Å²) >= 11 is 0. The molecule has 0 bridgehead atoms. The molecule has 1 aromatic rings. The van der Waals surface area contributed by atoms with Crippen LogP contribution >= 0.6 is 0 Å². The monoisotopic (exact) mass is 188 g/mol. The first-order chi connectivity index (χ1) is 6.07. The van der Waals surface area contributed by atoms with E-state index >= 15 is 0 Å². The predicted molar refractivity (Wildman–Crippen MR) is 44.6 cm³/mol. The summed E-state index contributed by atoms with van der Waals surface area (Å²) in [4.78, 5) is 13.3. The Balaban J connectivity index is 3.41. The lowest BCUT2D eigenvalue weighted by molar-refractivity contribution is 0.149. The molecule has 0 unspecified atom stereocenters. The lowest BCUT2D eigenvalue weighted by atomic mass is 10.1. The van der Waals surface area contributed by atoms with Crippen LogP contribution < -0.4 is 11.3 Å². The molecule has 3 nitrogen and oxygen atoms in total. The van der Waals surface area contributed by atoms with Crippen molar-refractivity contribution in [3.05, 3.63) is 33.2 Å². The van der Waals surface area contributed by atoms with Gasteiger partial charge in [0.1, 0.15) is 0 Å². The maximum atomic E-state index is 12.4. The Hall–Kier alpha value is -1.23. The number of hydrogen-bond acceptors (Lipinski definition) is 2. The van der Waals surface area contributed by atoms with Gasteiger partial charge in [0.2, 0.25) is 0 Å². The first-order valence-electron chi connectivity index (χ1n) is 3.77. The van der Waals surface area contributed by atoms with Gasteiger partial charge >= 0.3 is 0 Å². The highest BCUT2D eigenvalue weighted by Gasteiger charge is 2.16. The predicted octanol–water partition coefficient (Wildman–Crippen LogP) is 1.08. The lowest BCUT2D eigenvalue weighted by Gasteiger charge is -2.08. The molecule has 0 saturated heterocycles. The van der Waals surface area contributed by atoms with E-state index in [9.17, 15) is 13.6 Å². The zero-order valence-electron chi connectivity index (χ0n) is 7.10. The Morgan fingerprint density at radius 3 is 2.69 bits per heavy atom. The normalized spacial score (nSPS) is 10.8. The molecule has 1 heterocycles. The second kappa shape index (κ2) is 3.66. The molecule has 13 heavy (non-hydrogen) atoms. The minimum atomic E-state index is -2.65. The molecule has 72 valence electrons. The third-order valence-electron chi connectivity index (χ3n) is 1.91. The SMILES string of the molecule is Cc1c(C(F)F)c(CN)c[nH]c1=O. The second-order valence-corrected chi connectivity index (χ2v) is 2.69. The molecule has 0 saturated carbocycles. The van der Waals surface area contributed by atoms with E-state index in [0.717, 1.165) is 0 Å². The molecule has 0 spiro atoms. The average molecular weight is 188 g/mol. The molecule has 0 aliphatic rings. The lowest BCUT2D eigenvalue weighted by Crippen LogP contribution is -2.16. The number of nitrogens with one attached hydrogen (secondary N) is 1. The van der Waals surface area contributed by atoms with Crippen molar-refractivity contribution >= 4 is 0 Å². The van der Waals surface area contributed by atoms with Crippen LogP contribution in [-0.4, -0.2) is 4.98 Å². The van der Waals surface area contributed by atoms with Crippen molar-refractivity contribution in [2.45, 2.75) is 19.9 Å². The fraction of sp³-hybridized carbons (Fsp3) is 0.375. The Morgan fingerprint density at radius 2 is 2.23 bits per heavy atom. The van der Waals surface area contributed by atoms with E-state index in [0.29, 0.717) is 0 Å². The van der Waals surface area contributed by atoms with Gasteiger partial charge in [-0.15, -0.1) is 0 Å². The number of aromatic nitrogens is 1. The molecule has 0 aliphatic carbocycles. The third kappa shape index (κ3) is 1.75. The highest BCUT2D eigenvalue weighted by molar-refractivity contribution is 5.31. The summed E-state index contributed by atoms with van der Waals surface area (Å²) in [5.74, 6) is 0. The topological polar surface area (TPSA) is 58.9 Å². The van der Waals surface area contributed by atoms with Gasteiger partial charge in [-0.1, -0.05) is 0 Å². The summed E-state index contributed by atoms with van der Waals surface area (Å²) in [7, 11) is 0. The number of H-pyrrole nitrogens is 1. The zero-order valence-corrected chi connectivity index (χ0v) is 7.10. The number of halogens is 2. The minimum absolute atomic E-state index is 0.00269. The Labute approximate surface area is 73.6 Å². The molecule has 1 rings (SSSR count). The summed E-state index contributed by atoms with van der Waals surface area (Å²) in [6, 6.07) is 0. The Kier molecular flexibility index (Phi) is 2.77. The van der Waals surface area contributed by atoms with Crippen LogP contribution in [0.3, 0.4) is 0 Å². The molecule has 1 aromatic heterocycles. The fourth-order valence-electron chi connectivity index (χ4n) is 1.17. The van der Waals surface area contributed by atoms with Gasteiger partial charge < -0.3 is 10.7 Å². The van der Waals surface area contributed by atoms with E-state index in [2.05, 4.69) is 4.98 Å². The van der Waals surface area contributed by atoms with E-state index < -0.39 is 12.0 Å². The van der Waals surface area contributed by atoms with E-state index in [1.165, 1.54) is 13.1 Å². The zero-order chi connectivity index (χ0) is 10.0. The first-order valence-corrected chi connectivity index (χ1v) is 3.77. The fourth-order valence-corrected chi connectivity index (χ4v) is 1.17. The van der Waals surface area contributed by atoms with Crippen molar-refractivity contribution in [3.63, 3.8) is 0 Å². The molecule has 0 aliphatic heterocycles. The Bertz CT molecular complexity index is 360. The number of hydrogen-bond donors (Lipinski definition) is 2. The number of rotatable bonds is 2. The van der Waals surface area contributed by atoms with Crippen molar-refractivity contribution in [2.24, 2.45) is 5.73 Å². The smallest absolute Gasteiger partial charge is 0.264 e. The van der Waals surface area contributed by atoms with Crippen molar-refractivity contribution in [3.8, 4) is 0 Å². The van der Waals surface area contributed by atoms with E-state index in [1.54, 1.807) is 0 Å². The van der Waals surface area contributed by atoms with Gasteiger partial charge in [-0.3, -0.25) is 4.79 Å². The molecule has 0 aromatic carbocycles. The van der Waals surface area contributed by atoms with Crippen LogP contribution in [-0.2, 0) is 6.54 Å². The highest BCUT2D eigenvalue weighted by atomic mass is 19.3. The molecular weight excluding hydrogens is 178 g/mol. The Morgan fingerprint density at radius 1 is 1.62 bits per heavy atom. The van der Waals surface area contributed by atoms with Gasteiger partial charge in [-0.25, -0.2) is 8.78 Å². The highest BCUT2D eigenvalue weighted by Crippen LogP contribution is 2.23. The van der Waals surface area contributed by atoms with Crippen LogP contribution in [0, 0.1) is 6.92 Å². The van der Waals surface area contributed by atoms with Gasteiger partial charge in [-0.2, -0.15) is 0 Å². The third-order valence-corrected chi connectivity index (χ3v) is 1.91. The maximum Gasteiger partial charge on any atom is 0.264 e. The summed E-state index contributed by atoms with van der Waals surface area (Å²) in [6.45, 7) is 1.36. The van der Waals surface area contributed by atoms with Crippen molar-refractivity contribution in [1.82, 2.24) is 4.98 Å². The average Bonchev–Trinajstić information content (AvgIpc) is 2.08. The number of alkyl halides is 2. The van der Waals surface area contributed by atoms with E-state index in [-0.39, 0.29) is 23.2 Å². The van der Waals surface area contributed by atoms with Crippen molar-refractivity contribution < 1.29 is 8.78 Å². The first kappa shape index (κ1) is 9.85. The van der Waals surface area contributed by atoms with Crippen LogP contribution in [0.5, 0.6) is 0 Å². The molecule has 0 atom stereocenters. The largest absolute Gasteiger partial charge is 0.329 e. The van der Waals surface area contributed by atoms with Crippen LogP contribution in [0.1, 0.15) is 23.1 Å². The van der Waals surface area contributed by atoms with Gasteiger partial charge in [0.05, 0.1) is 0 Å². The number of pyridine rings is 1. The van der Waals surface area contributed by atoms with Gasteiger partial charge in [0.25, 0.3) is 12.0 Å². The standard InChI is InChI=1S/C8H10F2N2O/c1-4-6(7(9)10)5(2-11)3-12-8(4)13/h3,7H,2,11H2,1H3,(H,12,13).